The van der Waals surface area contributed by atoms with Crippen LogP contribution in [0.2, 0.25) is 0 Å². The first-order valence-corrected chi connectivity index (χ1v) is 20.2. The third kappa shape index (κ3) is 5.55. The van der Waals surface area contributed by atoms with Crippen molar-refractivity contribution < 1.29 is 9.47 Å². The molecule has 0 bridgehead atoms. The first-order chi connectivity index (χ1) is 30.1. The molecule has 0 amide bonds. The van der Waals surface area contributed by atoms with Gasteiger partial charge in [-0.15, -0.1) is 0 Å². The standard InChI is InChI=1S/C52H35N7O2/c1-32-26-40-41-27-33(2)49(61-35-19-21-39-37-13-4-6-15-43(37)58(45(39)29-35)51-17-8-10-23-54-51)31-47(41)59(52-55-24-11-25-56-52)46(40)30-48(32)60-34-18-20-38-36-12-3-5-14-42(36)57(44(38)28-34)50-16-7-9-22-53-50/h3-31H,1-2H3. The van der Waals surface area contributed by atoms with Gasteiger partial charge in [0.1, 0.15) is 34.6 Å². The van der Waals surface area contributed by atoms with Crippen LogP contribution in [0.1, 0.15) is 11.1 Å². The molecule has 0 saturated heterocycles. The number of para-hydroxylation sites is 2. The molecular formula is C52H35N7O2. The normalized spacial score (nSPS) is 11.8. The van der Waals surface area contributed by atoms with Gasteiger partial charge in [-0.05, 0) is 104 Å². The third-order valence-electron chi connectivity index (χ3n) is 11.6. The first kappa shape index (κ1) is 34.7. The molecule has 0 spiro atoms. The van der Waals surface area contributed by atoms with E-state index < -0.39 is 0 Å². The largest absolute Gasteiger partial charge is 0.457 e. The molecule has 61 heavy (non-hydrogen) atoms. The first-order valence-electron chi connectivity index (χ1n) is 20.2. The minimum absolute atomic E-state index is 0.551. The predicted octanol–water partition coefficient (Wildman–Crippen LogP) is 12.8. The molecule has 0 saturated carbocycles. The van der Waals surface area contributed by atoms with Gasteiger partial charge in [-0.3, -0.25) is 13.7 Å². The summed E-state index contributed by atoms with van der Waals surface area (Å²) in [6.07, 6.45) is 7.18. The number of hydrogen-bond acceptors (Lipinski definition) is 6. The highest BCUT2D eigenvalue weighted by Crippen LogP contribution is 2.42. The number of hydrogen-bond donors (Lipinski definition) is 0. The topological polar surface area (TPSA) is 84.8 Å². The molecular weight excluding hydrogens is 755 g/mol. The molecule has 6 aromatic heterocycles. The Kier molecular flexibility index (Phi) is 7.76. The van der Waals surface area contributed by atoms with Gasteiger partial charge >= 0.3 is 0 Å². The van der Waals surface area contributed by atoms with Crippen LogP contribution in [0.25, 0.3) is 83.0 Å². The van der Waals surface area contributed by atoms with Crippen molar-refractivity contribution in [3.63, 3.8) is 0 Å². The monoisotopic (exact) mass is 789 g/mol. The Balaban J connectivity index is 0.984. The molecule has 0 aliphatic rings. The molecule has 12 aromatic rings. The van der Waals surface area contributed by atoms with E-state index in [1.165, 1.54) is 0 Å². The Morgan fingerprint density at radius 1 is 0.344 bits per heavy atom. The van der Waals surface area contributed by atoms with E-state index >= 15 is 0 Å². The van der Waals surface area contributed by atoms with Gasteiger partial charge in [0.25, 0.3) is 0 Å². The molecule has 6 aromatic carbocycles. The molecule has 12 rings (SSSR count). The third-order valence-corrected chi connectivity index (χ3v) is 11.6. The Morgan fingerprint density at radius 3 is 1.25 bits per heavy atom. The fourth-order valence-electron chi connectivity index (χ4n) is 8.88. The minimum Gasteiger partial charge on any atom is -0.457 e. The molecule has 0 aliphatic carbocycles. The van der Waals surface area contributed by atoms with Gasteiger partial charge in [-0.1, -0.05) is 48.5 Å². The fourth-order valence-corrected chi connectivity index (χ4v) is 8.88. The van der Waals surface area contributed by atoms with Gasteiger partial charge in [-0.2, -0.15) is 0 Å². The lowest BCUT2D eigenvalue weighted by Crippen LogP contribution is -2.00. The van der Waals surface area contributed by atoms with Gasteiger partial charge in [0.15, 0.2) is 0 Å². The lowest BCUT2D eigenvalue weighted by molar-refractivity contribution is 0.480. The summed E-state index contributed by atoms with van der Waals surface area (Å²) in [4.78, 5) is 18.9. The number of aryl methyl sites for hydroxylation is 2. The fraction of sp³-hybridized carbons (Fsp3) is 0.0385. The van der Waals surface area contributed by atoms with E-state index in [-0.39, 0.29) is 0 Å². The minimum atomic E-state index is 0.551. The number of benzene rings is 6. The molecule has 9 heteroatoms. The summed E-state index contributed by atoms with van der Waals surface area (Å²) < 4.78 is 20.1. The summed E-state index contributed by atoms with van der Waals surface area (Å²) in [6.45, 7) is 4.18. The maximum Gasteiger partial charge on any atom is 0.234 e. The van der Waals surface area contributed by atoms with E-state index in [0.717, 1.165) is 111 Å². The van der Waals surface area contributed by atoms with Crippen molar-refractivity contribution in [1.82, 2.24) is 33.6 Å². The summed E-state index contributed by atoms with van der Waals surface area (Å²) in [7, 11) is 0. The molecule has 0 aliphatic heterocycles. The molecule has 9 nitrogen and oxygen atoms in total. The lowest BCUT2D eigenvalue weighted by Gasteiger charge is -2.12. The van der Waals surface area contributed by atoms with Crippen molar-refractivity contribution in [3.05, 3.63) is 188 Å². The Morgan fingerprint density at radius 2 is 0.770 bits per heavy atom. The number of fused-ring (bicyclic) bond motifs is 9. The number of ether oxygens (including phenoxy) is 2. The van der Waals surface area contributed by atoms with Crippen LogP contribution in [0.4, 0.5) is 0 Å². The smallest absolute Gasteiger partial charge is 0.234 e. The summed E-state index contributed by atoms with van der Waals surface area (Å²) in [6, 6.07) is 51.8. The SMILES string of the molecule is Cc1cc2c3cc(C)c(Oc4ccc5c6ccccc6n(-c6ccccn6)c5c4)cc3n(-c3ncccn3)c2cc1Oc1ccc2c3ccccc3n(-c3ccccn3)c2c1. The van der Waals surface area contributed by atoms with E-state index in [9.17, 15) is 0 Å². The van der Waals surface area contributed by atoms with Crippen LogP contribution >= 0.6 is 0 Å². The Hall–Kier alpha value is -8.30. The maximum atomic E-state index is 6.81. The molecule has 290 valence electrons. The van der Waals surface area contributed by atoms with E-state index in [0.29, 0.717) is 5.95 Å². The van der Waals surface area contributed by atoms with Crippen molar-refractivity contribution in [2.75, 3.05) is 0 Å². The molecule has 0 fully saturated rings. The van der Waals surface area contributed by atoms with Gasteiger partial charge < -0.3 is 9.47 Å². The maximum absolute atomic E-state index is 6.81. The van der Waals surface area contributed by atoms with Crippen molar-refractivity contribution in [2.45, 2.75) is 13.8 Å². The summed E-state index contributed by atoms with van der Waals surface area (Å²) in [5.41, 5.74) is 8.05. The zero-order chi connectivity index (χ0) is 40.6. The van der Waals surface area contributed by atoms with E-state index in [4.69, 9.17) is 29.4 Å². The summed E-state index contributed by atoms with van der Waals surface area (Å²) in [5, 5.41) is 6.71. The van der Waals surface area contributed by atoms with Crippen LogP contribution in [-0.4, -0.2) is 33.6 Å². The van der Waals surface area contributed by atoms with Gasteiger partial charge in [0.05, 0.1) is 33.1 Å². The quantitative estimate of drug-likeness (QED) is 0.160. The zero-order valence-electron chi connectivity index (χ0n) is 33.2. The second kappa shape index (κ2) is 13.6. The van der Waals surface area contributed by atoms with Crippen molar-refractivity contribution in [1.29, 1.82) is 0 Å². The Bertz CT molecular complexity index is 3450. The number of nitrogens with zero attached hydrogens (tertiary/aromatic N) is 7. The van der Waals surface area contributed by atoms with E-state index in [1.807, 2.05) is 67.0 Å². The lowest BCUT2D eigenvalue weighted by atomic mass is 10.1. The van der Waals surface area contributed by atoms with Crippen LogP contribution in [0, 0.1) is 13.8 Å². The highest BCUT2D eigenvalue weighted by molar-refractivity contribution is 6.12. The van der Waals surface area contributed by atoms with Crippen molar-refractivity contribution in [3.8, 4) is 40.6 Å². The Labute approximate surface area is 349 Å². The predicted molar refractivity (Wildman–Crippen MR) is 243 cm³/mol. The molecule has 6 heterocycles. The highest BCUT2D eigenvalue weighted by atomic mass is 16.5. The van der Waals surface area contributed by atoms with Crippen LogP contribution < -0.4 is 9.47 Å². The average Bonchev–Trinajstić information content (AvgIpc) is 3.92. The molecule has 0 N–H and O–H groups in total. The number of aromatic nitrogens is 7. The molecule has 0 unspecified atom stereocenters. The average molecular weight is 790 g/mol. The van der Waals surface area contributed by atoms with Gasteiger partial charge in [0.2, 0.25) is 5.95 Å². The second-order valence-electron chi connectivity index (χ2n) is 15.3. The van der Waals surface area contributed by atoms with Crippen molar-refractivity contribution >= 4 is 65.4 Å². The molecule has 0 radical (unpaired) electrons. The number of pyridine rings is 2. The summed E-state index contributed by atoms with van der Waals surface area (Å²) in [5.74, 6) is 5.16. The van der Waals surface area contributed by atoms with Crippen LogP contribution in [-0.2, 0) is 0 Å². The van der Waals surface area contributed by atoms with Crippen LogP contribution in [0.5, 0.6) is 23.0 Å². The van der Waals surface area contributed by atoms with Gasteiger partial charge in [0, 0.05) is 81.4 Å². The van der Waals surface area contributed by atoms with Crippen molar-refractivity contribution in [2.24, 2.45) is 0 Å². The zero-order valence-corrected chi connectivity index (χ0v) is 33.2. The molecule has 0 atom stereocenters. The second-order valence-corrected chi connectivity index (χ2v) is 15.3. The summed E-state index contributed by atoms with van der Waals surface area (Å²) >= 11 is 0. The highest BCUT2D eigenvalue weighted by Gasteiger charge is 2.21. The van der Waals surface area contributed by atoms with Gasteiger partial charge in [-0.25, -0.2) is 19.9 Å². The number of rotatable bonds is 7. The van der Waals surface area contributed by atoms with E-state index in [1.54, 1.807) is 12.4 Å². The van der Waals surface area contributed by atoms with Crippen LogP contribution in [0.3, 0.4) is 0 Å². The van der Waals surface area contributed by atoms with Crippen LogP contribution in [0.15, 0.2) is 176 Å². The van der Waals surface area contributed by atoms with E-state index in [2.05, 4.69) is 125 Å².